The third-order valence-electron chi connectivity index (χ3n) is 3.67. The summed E-state index contributed by atoms with van der Waals surface area (Å²) in [7, 11) is 1.38. The predicted octanol–water partition coefficient (Wildman–Crippen LogP) is 1.17. The number of esters is 1. The molecule has 0 aromatic heterocycles. The smallest absolute Gasteiger partial charge is 0.319 e. The Morgan fingerprint density at radius 1 is 1.33 bits per heavy atom. The first kappa shape index (κ1) is 15.3. The van der Waals surface area contributed by atoms with E-state index >= 15 is 0 Å². The van der Waals surface area contributed by atoms with Gasteiger partial charge in [0, 0.05) is 31.2 Å². The minimum absolute atomic E-state index is 0.0140. The molecule has 1 heterocycles. The molecule has 1 amide bonds. The fraction of sp³-hybridized carbons (Fsp3) is 0.375. The molecule has 1 fully saturated rings. The first-order chi connectivity index (χ1) is 10.2. The van der Waals surface area contributed by atoms with Gasteiger partial charge in [0.05, 0.1) is 13.7 Å². The van der Waals surface area contributed by atoms with Crippen LogP contribution in [0, 0.1) is 0 Å². The van der Waals surface area contributed by atoms with Crippen LogP contribution in [0.25, 0.3) is 0 Å². The lowest BCUT2D eigenvalue weighted by Crippen LogP contribution is -2.55. The Hall–Kier alpha value is -2.14. The van der Waals surface area contributed by atoms with Gasteiger partial charge >= 0.3 is 5.97 Å². The largest absolute Gasteiger partial charge is 0.468 e. The quantitative estimate of drug-likeness (QED) is 0.616. The van der Waals surface area contributed by atoms with Gasteiger partial charge in [-0.3, -0.25) is 14.5 Å². The highest BCUT2D eigenvalue weighted by atomic mass is 16.5. The van der Waals surface area contributed by atoms with E-state index in [1.165, 1.54) is 7.11 Å². The third kappa shape index (κ3) is 3.70. The predicted molar refractivity (Wildman–Crippen MR) is 79.9 cm³/mol. The Kier molecular flexibility index (Phi) is 5.11. The van der Waals surface area contributed by atoms with Gasteiger partial charge in [-0.25, -0.2) is 0 Å². The molecule has 0 bridgehead atoms. The van der Waals surface area contributed by atoms with Crippen LogP contribution in [0.1, 0.15) is 10.4 Å². The number of hydrogen-bond acceptors (Lipinski definition) is 4. The van der Waals surface area contributed by atoms with Crippen molar-refractivity contribution in [2.45, 2.75) is 6.04 Å². The molecule has 0 saturated carbocycles. The van der Waals surface area contributed by atoms with Crippen molar-refractivity contribution in [2.75, 3.05) is 33.3 Å². The van der Waals surface area contributed by atoms with Crippen molar-refractivity contribution in [1.29, 1.82) is 0 Å². The number of piperazine rings is 1. The van der Waals surface area contributed by atoms with E-state index < -0.39 is 0 Å². The zero-order chi connectivity index (χ0) is 15.2. The third-order valence-corrected chi connectivity index (χ3v) is 3.67. The highest BCUT2D eigenvalue weighted by Gasteiger charge is 2.29. The van der Waals surface area contributed by atoms with Gasteiger partial charge in [-0.15, -0.1) is 6.58 Å². The highest BCUT2D eigenvalue weighted by molar-refractivity contribution is 5.94. The molecule has 0 unspecified atom stereocenters. The molecule has 112 valence electrons. The molecule has 2 rings (SSSR count). The van der Waals surface area contributed by atoms with Gasteiger partial charge in [-0.05, 0) is 12.1 Å². The minimum atomic E-state index is -0.273. The van der Waals surface area contributed by atoms with Gasteiger partial charge in [-0.2, -0.15) is 0 Å². The Morgan fingerprint density at radius 2 is 2.05 bits per heavy atom. The van der Waals surface area contributed by atoms with Crippen LogP contribution in [-0.2, 0) is 9.53 Å². The number of benzene rings is 1. The first-order valence-electron chi connectivity index (χ1n) is 6.93. The maximum atomic E-state index is 12.4. The number of carbonyl (C=O) groups is 2. The fourth-order valence-electron chi connectivity index (χ4n) is 2.45. The number of methoxy groups -OCH3 is 1. The SMILES string of the molecule is C=C[C@@H]1CN(C(=O)c2ccccc2)CCN1CC(=O)OC. The summed E-state index contributed by atoms with van der Waals surface area (Å²) in [6.45, 7) is 5.78. The molecule has 1 saturated heterocycles. The van der Waals surface area contributed by atoms with Gasteiger partial charge in [0.1, 0.15) is 0 Å². The van der Waals surface area contributed by atoms with Crippen molar-refractivity contribution in [2.24, 2.45) is 0 Å². The second kappa shape index (κ2) is 7.04. The van der Waals surface area contributed by atoms with E-state index in [1.807, 2.05) is 35.2 Å². The number of amides is 1. The highest BCUT2D eigenvalue weighted by Crippen LogP contribution is 2.14. The van der Waals surface area contributed by atoms with E-state index in [4.69, 9.17) is 4.74 Å². The molecule has 1 atom stereocenters. The molecule has 21 heavy (non-hydrogen) atoms. The summed E-state index contributed by atoms with van der Waals surface area (Å²) in [5, 5.41) is 0. The van der Waals surface area contributed by atoms with E-state index in [1.54, 1.807) is 11.0 Å². The second-order valence-corrected chi connectivity index (χ2v) is 4.97. The Bertz CT molecular complexity index is 516. The number of rotatable bonds is 4. The molecule has 0 aliphatic carbocycles. The summed E-state index contributed by atoms with van der Waals surface area (Å²) < 4.78 is 4.69. The minimum Gasteiger partial charge on any atom is -0.468 e. The topological polar surface area (TPSA) is 49.9 Å². The summed E-state index contributed by atoms with van der Waals surface area (Å²) in [6, 6.07) is 9.18. The van der Waals surface area contributed by atoms with E-state index in [0.29, 0.717) is 25.2 Å². The summed E-state index contributed by atoms with van der Waals surface area (Å²) >= 11 is 0. The molecule has 0 spiro atoms. The van der Waals surface area contributed by atoms with Crippen molar-refractivity contribution in [1.82, 2.24) is 9.80 Å². The molecule has 0 radical (unpaired) electrons. The van der Waals surface area contributed by atoms with Gasteiger partial charge < -0.3 is 9.64 Å². The maximum absolute atomic E-state index is 12.4. The summed E-state index contributed by atoms with van der Waals surface area (Å²) in [5.41, 5.74) is 0.682. The molecule has 5 nitrogen and oxygen atoms in total. The van der Waals surface area contributed by atoms with Crippen LogP contribution in [0.2, 0.25) is 0 Å². The fourth-order valence-corrected chi connectivity index (χ4v) is 2.45. The maximum Gasteiger partial charge on any atom is 0.319 e. The van der Waals surface area contributed by atoms with Crippen LogP contribution in [0.5, 0.6) is 0 Å². The van der Waals surface area contributed by atoms with Crippen LogP contribution in [0.3, 0.4) is 0 Å². The Morgan fingerprint density at radius 3 is 2.67 bits per heavy atom. The number of carbonyl (C=O) groups excluding carboxylic acids is 2. The number of nitrogens with zero attached hydrogens (tertiary/aromatic N) is 2. The van der Waals surface area contributed by atoms with Crippen LogP contribution < -0.4 is 0 Å². The molecule has 1 aliphatic rings. The summed E-state index contributed by atoms with van der Waals surface area (Å²) in [5.74, 6) is -0.259. The Balaban J connectivity index is 2.02. The lowest BCUT2D eigenvalue weighted by atomic mass is 10.1. The zero-order valence-electron chi connectivity index (χ0n) is 12.2. The molecule has 1 aliphatic heterocycles. The Labute approximate surface area is 124 Å². The molecule has 1 aromatic rings. The van der Waals surface area contributed by atoms with E-state index in [0.717, 1.165) is 0 Å². The average Bonchev–Trinajstić information content (AvgIpc) is 2.55. The van der Waals surface area contributed by atoms with Gasteiger partial charge in [0.25, 0.3) is 5.91 Å². The lowest BCUT2D eigenvalue weighted by molar-refractivity contribution is -0.142. The number of ether oxygens (including phenoxy) is 1. The number of hydrogen-bond donors (Lipinski definition) is 0. The summed E-state index contributed by atoms with van der Waals surface area (Å²) in [4.78, 5) is 27.6. The molecular weight excluding hydrogens is 268 g/mol. The van der Waals surface area contributed by atoms with Gasteiger partial charge in [0.2, 0.25) is 0 Å². The van der Waals surface area contributed by atoms with Crippen LogP contribution in [-0.4, -0.2) is 61.0 Å². The monoisotopic (exact) mass is 288 g/mol. The second-order valence-electron chi connectivity index (χ2n) is 4.97. The van der Waals surface area contributed by atoms with E-state index in [2.05, 4.69) is 6.58 Å². The summed E-state index contributed by atoms with van der Waals surface area (Å²) in [6.07, 6.45) is 1.77. The average molecular weight is 288 g/mol. The van der Waals surface area contributed by atoms with Crippen LogP contribution >= 0.6 is 0 Å². The molecule has 0 N–H and O–H groups in total. The van der Waals surface area contributed by atoms with Crippen LogP contribution in [0.15, 0.2) is 43.0 Å². The zero-order valence-corrected chi connectivity index (χ0v) is 12.2. The van der Waals surface area contributed by atoms with Gasteiger partial charge in [0.15, 0.2) is 0 Å². The first-order valence-corrected chi connectivity index (χ1v) is 6.93. The van der Waals surface area contributed by atoms with Crippen LogP contribution in [0.4, 0.5) is 0 Å². The normalized spacial score (nSPS) is 19.1. The van der Waals surface area contributed by atoms with Crippen molar-refractivity contribution < 1.29 is 14.3 Å². The van der Waals surface area contributed by atoms with Crippen molar-refractivity contribution in [3.63, 3.8) is 0 Å². The van der Waals surface area contributed by atoms with E-state index in [9.17, 15) is 9.59 Å². The molecule has 5 heteroatoms. The van der Waals surface area contributed by atoms with Crippen molar-refractivity contribution in [3.8, 4) is 0 Å². The van der Waals surface area contributed by atoms with Crippen molar-refractivity contribution >= 4 is 11.9 Å². The standard InChI is InChI=1S/C16H20N2O3/c1-3-14-11-18(10-9-17(14)12-15(19)21-2)16(20)13-7-5-4-6-8-13/h3-8,14H,1,9-12H2,2H3/t14-/m1/s1. The van der Waals surface area contributed by atoms with Crippen molar-refractivity contribution in [3.05, 3.63) is 48.6 Å². The molecular formula is C16H20N2O3. The van der Waals surface area contributed by atoms with E-state index in [-0.39, 0.29) is 24.5 Å². The lowest BCUT2D eigenvalue weighted by Gasteiger charge is -2.39. The van der Waals surface area contributed by atoms with Gasteiger partial charge in [-0.1, -0.05) is 24.3 Å². The molecule has 1 aromatic carbocycles.